The normalized spacial score (nSPS) is 17.4. The molecule has 0 aromatic heterocycles. The molecule has 0 radical (unpaired) electrons. The maximum absolute atomic E-state index is 14.5. The predicted molar refractivity (Wildman–Crippen MR) is 182 cm³/mol. The van der Waals surface area contributed by atoms with Gasteiger partial charge in [0.05, 0.1) is 11.3 Å². The fourth-order valence-electron chi connectivity index (χ4n) is 5.69. The summed E-state index contributed by atoms with van der Waals surface area (Å²) in [4.78, 5) is 19.1. The zero-order valence-corrected chi connectivity index (χ0v) is 28.1. The molecule has 1 atom stereocenters. The summed E-state index contributed by atoms with van der Waals surface area (Å²) in [6.45, 7) is 9.24. The molecule has 0 bridgehead atoms. The molecule has 3 aliphatic heterocycles. The van der Waals surface area contributed by atoms with E-state index in [1.165, 1.54) is 38.1 Å². The van der Waals surface area contributed by atoms with Crippen LogP contribution in [0.15, 0.2) is 36.4 Å². The number of aliphatic hydroxyl groups is 3. The third-order valence-corrected chi connectivity index (χ3v) is 8.33. The minimum absolute atomic E-state index is 0.151. The van der Waals surface area contributed by atoms with E-state index in [1.807, 2.05) is 30.0 Å². The average Bonchev–Trinajstić information content (AvgIpc) is 3.70. The number of aliphatic hydroxyl groups excluding tert-OH is 2. The quantitative estimate of drug-likeness (QED) is 0.148. The lowest BCUT2D eigenvalue weighted by Gasteiger charge is -2.37. The molecule has 3 fully saturated rings. The van der Waals surface area contributed by atoms with E-state index < -0.39 is 5.60 Å². The van der Waals surface area contributed by atoms with Crippen molar-refractivity contribution < 1.29 is 38.7 Å². The van der Waals surface area contributed by atoms with Crippen LogP contribution in [0.3, 0.4) is 0 Å². The number of halogens is 2. The van der Waals surface area contributed by atoms with Gasteiger partial charge in [-0.3, -0.25) is 9.74 Å². The number of anilines is 2. The van der Waals surface area contributed by atoms with E-state index in [2.05, 4.69) is 25.8 Å². The summed E-state index contributed by atoms with van der Waals surface area (Å²) in [5.41, 5.74) is 1.72. The van der Waals surface area contributed by atoms with Gasteiger partial charge in [0.1, 0.15) is 17.7 Å². The molecule has 0 aliphatic carbocycles. The van der Waals surface area contributed by atoms with Crippen LogP contribution < -0.4 is 35.4 Å². The lowest BCUT2D eigenvalue weighted by Crippen LogP contribution is -2.43. The molecule has 1 unspecified atom stereocenters. The van der Waals surface area contributed by atoms with Crippen molar-refractivity contribution in [3.8, 4) is 11.5 Å². The zero-order valence-electron chi connectivity index (χ0n) is 28.1. The second-order valence-corrected chi connectivity index (χ2v) is 11.8. The molecule has 6 N–H and O–H groups in total. The van der Waals surface area contributed by atoms with Crippen molar-refractivity contribution in [2.75, 3.05) is 82.9 Å². The number of hydrogen-bond donors (Lipinski definition) is 6. The van der Waals surface area contributed by atoms with Crippen LogP contribution in [-0.2, 0) is 11.2 Å². The molecule has 11 nitrogen and oxygen atoms in total. The molecule has 3 heterocycles. The van der Waals surface area contributed by atoms with Gasteiger partial charge < -0.3 is 45.8 Å². The summed E-state index contributed by atoms with van der Waals surface area (Å²) < 4.78 is 34.0. The van der Waals surface area contributed by atoms with E-state index in [0.29, 0.717) is 69.6 Å². The van der Waals surface area contributed by atoms with Gasteiger partial charge in [-0.15, -0.1) is 0 Å². The van der Waals surface area contributed by atoms with Crippen molar-refractivity contribution in [3.05, 3.63) is 47.8 Å². The Morgan fingerprint density at radius 1 is 0.936 bits per heavy atom. The Hall–Kier alpha value is -3.23. The Balaban J connectivity index is 0.000000755. The van der Waals surface area contributed by atoms with E-state index in [0.717, 1.165) is 51.6 Å². The Labute approximate surface area is 278 Å². The van der Waals surface area contributed by atoms with Crippen LogP contribution >= 0.6 is 0 Å². The highest BCUT2D eigenvalue weighted by atomic mass is 19.3. The molecule has 2 aromatic rings. The van der Waals surface area contributed by atoms with Gasteiger partial charge >= 0.3 is 0 Å². The number of rotatable bonds is 12. The van der Waals surface area contributed by atoms with E-state index in [4.69, 9.17) is 14.9 Å². The van der Waals surface area contributed by atoms with Crippen LogP contribution in [0.1, 0.15) is 51.0 Å². The Morgan fingerprint density at radius 2 is 1.60 bits per heavy atom. The van der Waals surface area contributed by atoms with E-state index >= 15 is 0 Å². The van der Waals surface area contributed by atoms with Crippen LogP contribution in [0.25, 0.3) is 0 Å². The van der Waals surface area contributed by atoms with Gasteiger partial charge in [0.2, 0.25) is 6.41 Å². The number of ether oxygens (including phenoxy) is 1. The van der Waals surface area contributed by atoms with E-state index in [-0.39, 0.29) is 17.7 Å². The first-order chi connectivity index (χ1) is 22.9. The number of carbonyl (C=O) groups is 1. The van der Waals surface area contributed by atoms with Crippen molar-refractivity contribution in [1.29, 1.82) is 0 Å². The van der Waals surface area contributed by atoms with Gasteiger partial charge in [-0.1, -0.05) is 6.07 Å². The van der Waals surface area contributed by atoms with Gasteiger partial charge in [0.15, 0.2) is 5.75 Å². The Kier molecular flexibility index (Phi) is 19.0. The molecule has 0 spiro atoms. The lowest BCUT2D eigenvalue weighted by molar-refractivity contribution is -0.109. The average molecular weight is 668 g/mol. The summed E-state index contributed by atoms with van der Waals surface area (Å²) in [7, 11) is 2.00. The minimum atomic E-state index is -0.716. The SMILES string of the molecule is C1CCNC1.CC1(O)CCN(c2cc(CCC(CCNC=O)Oc3cc(F)cc(N4CCNCC4)c3)ccc2OF)CC1.CO.CO. The molecule has 2 aromatic carbocycles. The topological polar surface area (TPSA) is 139 Å². The monoisotopic (exact) mass is 667 g/mol. The number of amides is 1. The molecule has 3 saturated heterocycles. The maximum Gasteiger partial charge on any atom is 0.207 e. The summed E-state index contributed by atoms with van der Waals surface area (Å²) in [6.07, 6.45) is 6.14. The number of hydrogen-bond acceptors (Lipinski definition) is 10. The zero-order chi connectivity index (χ0) is 34.5. The summed E-state index contributed by atoms with van der Waals surface area (Å²) in [6, 6.07) is 10.1. The summed E-state index contributed by atoms with van der Waals surface area (Å²) in [5.74, 6) is 0.253. The van der Waals surface area contributed by atoms with Gasteiger partial charge in [-0.05, 0) is 82.3 Å². The van der Waals surface area contributed by atoms with Gasteiger partial charge in [-0.25, -0.2) is 4.39 Å². The van der Waals surface area contributed by atoms with Gasteiger partial charge in [0.25, 0.3) is 0 Å². The molecule has 47 heavy (non-hydrogen) atoms. The lowest BCUT2D eigenvalue weighted by atomic mass is 9.93. The second kappa shape index (κ2) is 22.4. The van der Waals surface area contributed by atoms with Crippen molar-refractivity contribution in [2.45, 2.75) is 63.6 Å². The molecular formula is C34H55F2N5O6. The second-order valence-electron chi connectivity index (χ2n) is 11.8. The maximum atomic E-state index is 14.5. The molecule has 266 valence electrons. The van der Waals surface area contributed by atoms with Gasteiger partial charge in [0, 0.05) is 88.8 Å². The smallest absolute Gasteiger partial charge is 0.207 e. The number of piperidine rings is 1. The first-order valence-corrected chi connectivity index (χ1v) is 16.5. The molecule has 3 aliphatic rings. The number of carbonyl (C=O) groups excluding carboxylic acids is 1. The molecule has 5 rings (SSSR count). The number of piperazine rings is 1. The van der Waals surface area contributed by atoms with Crippen LogP contribution in [0, 0.1) is 5.82 Å². The first kappa shape index (κ1) is 39.9. The highest BCUT2D eigenvalue weighted by Crippen LogP contribution is 2.34. The highest BCUT2D eigenvalue weighted by molar-refractivity contribution is 5.60. The number of aryl methyl sites for hydroxylation is 1. The molecule has 13 heteroatoms. The number of nitrogens with zero attached hydrogens (tertiary/aromatic N) is 2. The first-order valence-electron chi connectivity index (χ1n) is 16.5. The van der Waals surface area contributed by atoms with E-state index in [1.54, 1.807) is 6.07 Å². The largest absolute Gasteiger partial charge is 0.490 e. The standard InChI is InChI=1S/C28H38F2N4O4.C4H9N.2CH4O/c1-28(36)7-12-34(13-8-28)26-16-21(3-5-27(26)38-30)2-4-24(6-9-32-20-35)37-25-18-22(29)17-23(19-25)33-14-10-31-11-15-33;1-2-4-5-3-1;2*1-2/h3,5,16-20,24,31,36H,2,4,6-15H2,1H3,(H,32,35);5H,1-4H2;2*2H,1H3. The van der Waals surface area contributed by atoms with Crippen molar-refractivity contribution in [3.63, 3.8) is 0 Å². The fourth-order valence-corrected chi connectivity index (χ4v) is 5.69. The summed E-state index contributed by atoms with van der Waals surface area (Å²) in [5, 5.41) is 33.5. The molecular weight excluding hydrogens is 612 g/mol. The fraction of sp³-hybridized carbons (Fsp3) is 0.618. The van der Waals surface area contributed by atoms with Crippen LogP contribution in [0.4, 0.5) is 20.3 Å². The van der Waals surface area contributed by atoms with Crippen molar-refractivity contribution in [1.82, 2.24) is 16.0 Å². The van der Waals surface area contributed by atoms with Crippen molar-refractivity contribution in [2.24, 2.45) is 0 Å². The minimum Gasteiger partial charge on any atom is -0.490 e. The number of nitrogens with one attached hydrogen (secondary N) is 3. The molecule has 0 saturated carbocycles. The predicted octanol–water partition coefficient (Wildman–Crippen LogP) is 2.95. The molecule has 1 amide bonds. The van der Waals surface area contributed by atoms with Gasteiger partial charge in [-0.2, -0.15) is 0 Å². The van der Waals surface area contributed by atoms with Crippen LogP contribution in [-0.4, -0.2) is 107 Å². The highest BCUT2D eigenvalue weighted by Gasteiger charge is 2.29. The van der Waals surface area contributed by atoms with Crippen molar-refractivity contribution >= 4 is 17.8 Å². The van der Waals surface area contributed by atoms with Crippen LogP contribution in [0.2, 0.25) is 0 Å². The third kappa shape index (κ3) is 14.2. The summed E-state index contributed by atoms with van der Waals surface area (Å²) >= 11 is 0. The Bertz CT molecular complexity index is 1130. The van der Waals surface area contributed by atoms with Crippen LogP contribution in [0.5, 0.6) is 11.5 Å². The third-order valence-electron chi connectivity index (χ3n) is 8.33. The van der Waals surface area contributed by atoms with E-state index in [9.17, 15) is 18.8 Å². The Morgan fingerprint density at radius 3 is 2.19 bits per heavy atom. The number of benzene rings is 2.